The van der Waals surface area contributed by atoms with E-state index >= 15 is 0 Å². The van der Waals surface area contributed by atoms with Crippen LogP contribution in [0.5, 0.6) is 0 Å². The first-order chi connectivity index (χ1) is 11.7. The first kappa shape index (κ1) is 16.0. The minimum Gasteiger partial charge on any atom is -0.334 e. The van der Waals surface area contributed by atoms with Gasteiger partial charge in [-0.25, -0.2) is 9.18 Å². The number of rotatable bonds is 5. The summed E-state index contributed by atoms with van der Waals surface area (Å²) < 4.78 is 13.2. The molecule has 3 aromatic rings. The Bertz CT molecular complexity index is 824. The molecule has 1 aromatic carbocycles. The molecule has 2 aromatic heterocycles. The summed E-state index contributed by atoms with van der Waals surface area (Å²) in [6.45, 7) is 0.370. The van der Waals surface area contributed by atoms with Gasteiger partial charge in [0.1, 0.15) is 10.8 Å². The van der Waals surface area contributed by atoms with Crippen LogP contribution in [0.1, 0.15) is 16.1 Å². The largest absolute Gasteiger partial charge is 0.334 e. The van der Waals surface area contributed by atoms with Crippen molar-refractivity contribution in [1.29, 1.82) is 0 Å². The number of nitrogens with one attached hydrogen (secondary N) is 2. The number of benzene rings is 1. The molecule has 2 heterocycles. The smallest absolute Gasteiger partial charge is 0.321 e. The molecule has 0 atom stereocenters. The van der Waals surface area contributed by atoms with Gasteiger partial charge in [-0.15, -0.1) is 10.2 Å². The molecule has 8 heteroatoms. The number of anilines is 1. The lowest BCUT2D eigenvalue weighted by molar-refractivity contribution is 0.251. The van der Waals surface area contributed by atoms with E-state index in [1.54, 1.807) is 24.5 Å². The predicted octanol–water partition coefficient (Wildman–Crippen LogP) is 2.98. The summed E-state index contributed by atoms with van der Waals surface area (Å²) in [5.74, 6) is -0.287. The number of urea groups is 1. The second-order valence-corrected chi connectivity index (χ2v) is 6.04. The average molecular weight is 343 g/mol. The Morgan fingerprint density at radius 3 is 2.83 bits per heavy atom. The Labute approximate surface area is 141 Å². The Morgan fingerprint density at radius 2 is 2.04 bits per heavy atom. The summed E-state index contributed by atoms with van der Waals surface area (Å²) in [6, 6.07) is 9.62. The van der Waals surface area contributed by atoms with Crippen LogP contribution in [0, 0.1) is 5.82 Å². The number of aromatic nitrogens is 3. The van der Waals surface area contributed by atoms with Crippen LogP contribution in [0.4, 0.5) is 14.3 Å². The molecule has 0 aliphatic carbocycles. The van der Waals surface area contributed by atoms with Gasteiger partial charge in [0, 0.05) is 25.4 Å². The van der Waals surface area contributed by atoms with E-state index in [-0.39, 0.29) is 11.8 Å². The van der Waals surface area contributed by atoms with Crippen LogP contribution in [-0.2, 0) is 13.0 Å². The molecule has 0 radical (unpaired) electrons. The summed E-state index contributed by atoms with van der Waals surface area (Å²) in [6.07, 6.45) is 3.82. The van der Waals surface area contributed by atoms with Crippen molar-refractivity contribution in [2.45, 2.75) is 13.0 Å². The lowest BCUT2D eigenvalue weighted by atomic mass is 10.1. The number of hydrogen-bond donors (Lipinski definition) is 2. The maximum absolute atomic E-state index is 13.2. The molecule has 0 saturated carbocycles. The molecule has 0 aliphatic rings. The van der Waals surface area contributed by atoms with Gasteiger partial charge >= 0.3 is 6.03 Å². The summed E-state index contributed by atoms with van der Waals surface area (Å²) >= 11 is 1.25. The van der Waals surface area contributed by atoms with Gasteiger partial charge in [0.25, 0.3) is 0 Å². The molecular formula is C16H14FN5OS. The van der Waals surface area contributed by atoms with Gasteiger partial charge in [-0.3, -0.25) is 10.3 Å². The van der Waals surface area contributed by atoms with Crippen LogP contribution in [0.25, 0.3) is 0 Å². The van der Waals surface area contributed by atoms with Crippen LogP contribution in [0.2, 0.25) is 0 Å². The predicted molar refractivity (Wildman–Crippen MR) is 89.2 cm³/mol. The molecular weight excluding hydrogens is 329 g/mol. The highest BCUT2D eigenvalue weighted by atomic mass is 32.1. The molecule has 0 bridgehead atoms. The standard InChI is InChI=1S/C16H14FN5OS/c17-13-5-1-3-11(7-13)8-14-21-22-16(24-14)20-15(23)19-10-12-4-2-6-18-9-12/h1-7,9H,8,10H2,(H2,19,20,22,23). The highest BCUT2D eigenvalue weighted by Gasteiger charge is 2.09. The van der Waals surface area contributed by atoms with Gasteiger partial charge in [-0.2, -0.15) is 0 Å². The highest BCUT2D eigenvalue weighted by molar-refractivity contribution is 7.15. The zero-order chi connectivity index (χ0) is 16.8. The first-order valence-corrected chi connectivity index (χ1v) is 8.01. The van der Waals surface area contributed by atoms with Crippen molar-refractivity contribution in [1.82, 2.24) is 20.5 Å². The fourth-order valence-electron chi connectivity index (χ4n) is 2.02. The second kappa shape index (κ2) is 7.60. The van der Waals surface area contributed by atoms with Crippen molar-refractivity contribution in [3.05, 3.63) is 70.7 Å². The third-order valence-electron chi connectivity index (χ3n) is 3.11. The van der Waals surface area contributed by atoms with Crippen molar-refractivity contribution in [3.63, 3.8) is 0 Å². The minimum atomic E-state index is -0.368. The molecule has 122 valence electrons. The zero-order valence-electron chi connectivity index (χ0n) is 12.6. The minimum absolute atomic E-state index is 0.287. The zero-order valence-corrected chi connectivity index (χ0v) is 13.4. The number of pyridine rings is 1. The third-order valence-corrected chi connectivity index (χ3v) is 3.95. The van der Waals surface area contributed by atoms with Crippen molar-refractivity contribution in [2.24, 2.45) is 0 Å². The second-order valence-electron chi connectivity index (χ2n) is 4.98. The van der Waals surface area contributed by atoms with E-state index in [1.165, 1.54) is 23.5 Å². The lowest BCUT2D eigenvalue weighted by Crippen LogP contribution is -2.28. The Morgan fingerprint density at radius 1 is 1.17 bits per heavy atom. The molecule has 0 saturated heterocycles. The summed E-state index contributed by atoms with van der Waals surface area (Å²) in [5, 5.41) is 14.4. The molecule has 2 amide bonds. The van der Waals surface area contributed by atoms with Crippen LogP contribution in [0.15, 0.2) is 48.8 Å². The number of amides is 2. The summed E-state index contributed by atoms with van der Waals surface area (Å²) in [5.41, 5.74) is 1.70. The molecule has 2 N–H and O–H groups in total. The maximum atomic E-state index is 13.2. The van der Waals surface area contributed by atoms with Gasteiger partial charge in [-0.05, 0) is 29.3 Å². The Hall–Kier alpha value is -2.87. The molecule has 0 spiro atoms. The van der Waals surface area contributed by atoms with E-state index in [4.69, 9.17) is 0 Å². The van der Waals surface area contributed by atoms with E-state index in [9.17, 15) is 9.18 Å². The van der Waals surface area contributed by atoms with Gasteiger partial charge in [0.15, 0.2) is 0 Å². The molecule has 0 aliphatic heterocycles. The van der Waals surface area contributed by atoms with Crippen LogP contribution in [0.3, 0.4) is 0 Å². The lowest BCUT2D eigenvalue weighted by Gasteiger charge is -2.04. The van der Waals surface area contributed by atoms with Gasteiger partial charge in [-0.1, -0.05) is 29.5 Å². The fourth-order valence-corrected chi connectivity index (χ4v) is 2.79. The maximum Gasteiger partial charge on any atom is 0.321 e. The molecule has 3 rings (SSSR count). The van der Waals surface area contributed by atoms with E-state index < -0.39 is 0 Å². The van der Waals surface area contributed by atoms with Crippen molar-refractivity contribution < 1.29 is 9.18 Å². The van der Waals surface area contributed by atoms with Crippen molar-refractivity contribution in [2.75, 3.05) is 5.32 Å². The quantitative estimate of drug-likeness (QED) is 0.746. The normalized spacial score (nSPS) is 10.4. The first-order valence-electron chi connectivity index (χ1n) is 7.19. The molecule has 0 fully saturated rings. The van der Waals surface area contributed by atoms with Crippen LogP contribution >= 0.6 is 11.3 Å². The molecule has 6 nitrogen and oxygen atoms in total. The van der Waals surface area contributed by atoms with E-state index in [2.05, 4.69) is 25.8 Å². The van der Waals surface area contributed by atoms with Gasteiger partial charge in [0.05, 0.1) is 0 Å². The van der Waals surface area contributed by atoms with Gasteiger partial charge < -0.3 is 5.32 Å². The average Bonchev–Trinajstić information content (AvgIpc) is 3.01. The van der Waals surface area contributed by atoms with Gasteiger partial charge in [0.2, 0.25) is 5.13 Å². The summed E-state index contributed by atoms with van der Waals surface area (Å²) in [7, 11) is 0. The number of nitrogens with zero attached hydrogens (tertiary/aromatic N) is 3. The fraction of sp³-hybridized carbons (Fsp3) is 0.125. The monoisotopic (exact) mass is 343 g/mol. The van der Waals surface area contributed by atoms with Crippen LogP contribution in [-0.4, -0.2) is 21.2 Å². The highest BCUT2D eigenvalue weighted by Crippen LogP contribution is 2.18. The van der Waals surface area contributed by atoms with Crippen molar-refractivity contribution in [3.8, 4) is 0 Å². The summed E-state index contributed by atoms with van der Waals surface area (Å²) in [4.78, 5) is 15.8. The van der Waals surface area contributed by atoms with E-state index in [0.29, 0.717) is 23.1 Å². The van der Waals surface area contributed by atoms with E-state index in [0.717, 1.165) is 11.1 Å². The Kier molecular flexibility index (Phi) is 5.07. The number of carbonyl (C=O) groups excluding carboxylic acids is 1. The van der Waals surface area contributed by atoms with Crippen LogP contribution < -0.4 is 10.6 Å². The number of halogens is 1. The Balaban J connectivity index is 1.53. The molecule has 24 heavy (non-hydrogen) atoms. The third kappa shape index (κ3) is 4.56. The number of hydrogen-bond acceptors (Lipinski definition) is 5. The topological polar surface area (TPSA) is 79.8 Å². The van der Waals surface area contributed by atoms with E-state index in [1.807, 2.05) is 12.1 Å². The van der Waals surface area contributed by atoms with Crippen molar-refractivity contribution >= 4 is 22.5 Å². The number of carbonyl (C=O) groups is 1. The molecule has 0 unspecified atom stereocenters. The SMILES string of the molecule is O=C(NCc1cccnc1)Nc1nnc(Cc2cccc(F)c2)s1.